The van der Waals surface area contributed by atoms with Crippen LogP contribution < -0.4 is 5.32 Å². The molecule has 0 spiro atoms. The monoisotopic (exact) mass is 567 g/mol. The van der Waals surface area contributed by atoms with Gasteiger partial charge in [-0.2, -0.15) is 5.26 Å². The zero-order chi connectivity index (χ0) is 29.4. The lowest BCUT2D eigenvalue weighted by molar-refractivity contribution is -0.131. The van der Waals surface area contributed by atoms with Gasteiger partial charge in [0.25, 0.3) is 5.91 Å². The number of carbonyl (C=O) groups excluding carboxylic acids is 2. The Morgan fingerprint density at radius 2 is 1.88 bits per heavy atom. The molecule has 3 N–H and O–H groups in total. The maximum Gasteiger partial charge on any atom is 0.475 e. The molecular formula is C29H42BN5O6. The molecule has 3 heterocycles. The molecule has 1 aromatic rings. The third-order valence-electron chi connectivity index (χ3n) is 8.37. The number of piperidine rings is 1. The number of nitrogens with one attached hydrogen (secondary N) is 1. The predicted octanol–water partition coefficient (Wildman–Crippen LogP) is 0.962. The van der Waals surface area contributed by atoms with E-state index in [4.69, 9.17) is 9.47 Å². The summed E-state index contributed by atoms with van der Waals surface area (Å²) in [6, 6.07) is 11.4. The molecule has 12 heteroatoms. The summed E-state index contributed by atoms with van der Waals surface area (Å²) in [6.45, 7) is 9.60. The van der Waals surface area contributed by atoms with E-state index in [2.05, 4.69) is 21.2 Å². The maximum absolute atomic E-state index is 13.6. The van der Waals surface area contributed by atoms with Gasteiger partial charge in [0.1, 0.15) is 18.2 Å². The zero-order valence-electron chi connectivity index (χ0n) is 24.1. The number of alkyl carbamates (subject to hydrolysis) is 1. The molecule has 0 radical (unpaired) electrons. The van der Waals surface area contributed by atoms with Gasteiger partial charge in [0.2, 0.25) is 0 Å². The van der Waals surface area contributed by atoms with E-state index in [9.17, 15) is 24.9 Å². The maximum atomic E-state index is 13.6. The minimum Gasteiger partial charge on any atom is -0.447 e. The molecule has 0 aromatic heterocycles. The predicted molar refractivity (Wildman–Crippen MR) is 153 cm³/mol. The van der Waals surface area contributed by atoms with Crippen LogP contribution in [-0.2, 0) is 20.7 Å². The first kappa shape index (κ1) is 31.0. The number of ether oxygens (including phenoxy) is 2. The van der Waals surface area contributed by atoms with Crippen LogP contribution in [0.2, 0.25) is 0 Å². The highest BCUT2D eigenvalue weighted by Gasteiger charge is 2.36. The van der Waals surface area contributed by atoms with Crippen molar-refractivity contribution < 1.29 is 29.1 Å². The summed E-state index contributed by atoms with van der Waals surface area (Å²) in [7, 11) is -1.77. The number of nitriles is 1. The Bertz CT molecular complexity index is 1100. The minimum atomic E-state index is -1.77. The molecule has 4 rings (SSSR count). The molecule has 11 nitrogen and oxygen atoms in total. The van der Waals surface area contributed by atoms with Crippen LogP contribution in [0.15, 0.2) is 42.0 Å². The summed E-state index contributed by atoms with van der Waals surface area (Å²) in [4.78, 5) is 32.5. The lowest BCUT2D eigenvalue weighted by atomic mass is 9.76. The Labute approximate surface area is 242 Å². The van der Waals surface area contributed by atoms with Crippen molar-refractivity contribution in [1.82, 2.24) is 20.0 Å². The number of carbonyl (C=O) groups is 2. The Morgan fingerprint density at radius 3 is 2.49 bits per heavy atom. The van der Waals surface area contributed by atoms with Crippen LogP contribution in [0.3, 0.4) is 0 Å². The standard InChI is InChI=1S/C29H42BN5O6/c1-29(2,34-14-12-33(13-15-34)25-19-40-20-25)17-23(18-31)27(36)35-11-7-6-10-24(35)21-41-28(37)32-26(30(38)39)16-22-8-4-3-5-9-22/h3-5,8-9,17,24-26,38-39H,6-7,10-16,19-21H2,1-2H3,(H,32,37)/b23-17+/t24-,26+/m1/s1. The fraction of sp³-hybridized carbons (Fsp3) is 0.621. The number of likely N-dealkylation sites (tertiary alicyclic amines) is 1. The molecule has 2 amide bonds. The van der Waals surface area contributed by atoms with Gasteiger partial charge in [0.15, 0.2) is 0 Å². The van der Waals surface area contributed by atoms with Gasteiger partial charge in [-0.25, -0.2) is 4.79 Å². The number of rotatable bonds is 10. The molecule has 3 saturated heterocycles. The summed E-state index contributed by atoms with van der Waals surface area (Å²) in [5.41, 5.74) is 0.444. The molecule has 0 unspecified atom stereocenters. The Kier molecular flexibility index (Phi) is 10.8. The molecule has 0 saturated carbocycles. The zero-order valence-corrected chi connectivity index (χ0v) is 24.1. The van der Waals surface area contributed by atoms with E-state index in [1.807, 2.05) is 44.2 Å². The smallest absolute Gasteiger partial charge is 0.447 e. The second-order valence-electron chi connectivity index (χ2n) is 11.6. The average Bonchev–Trinajstić information content (AvgIpc) is 2.94. The average molecular weight is 567 g/mol. The van der Waals surface area contributed by atoms with E-state index in [-0.39, 0.29) is 30.5 Å². The van der Waals surface area contributed by atoms with Gasteiger partial charge in [-0.15, -0.1) is 0 Å². The van der Waals surface area contributed by atoms with Crippen LogP contribution in [0.4, 0.5) is 4.79 Å². The highest BCUT2D eigenvalue weighted by atomic mass is 16.5. The first-order valence-corrected chi connectivity index (χ1v) is 14.5. The molecule has 3 aliphatic heterocycles. The molecule has 222 valence electrons. The molecule has 2 atom stereocenters. The number of nitrogens with zero attached hydrogens (tertiary/aromatic N) is 4. The van der Waals surface area contributed by atoms with Crippen molar-refractivity contribution in [3.8, 4) is 6.07 Å². The first-order valence-electron chi connectivity index (χ1n) is 14.5. The lowest BCUT2D eigenvalue weighted by Gasteiger charge is -2.46. The molecule has 3 fully saturated rings. The quantitative estimate of drug-likeness (QED) is 0.214. The molecule has 41 heavy (non-hydrogen) atoms. The van der Waals surface area contributed by atoms with E-state index in [1.165, 1.54) is 0 Å². The second kappa shape index (κ2) is 14.3. The van der Waals surface area contributed by atoms with Gasteiger partial charge in [-0.05, 0) is 51.2 Å². The summed E-state index contributed by atoms with van der Waals surface area (Å²) in [5.74, 6) is -1.31. The highest BCUT2D eigenvalue weighted by molar-refractivity contribution is 6.43. The lowest BCUT2D eigenvalue weighted by Crippen LogP contribution is -2.59. The summed E-state index contributed by atoms with van der Waals surface area (Å²) in [5, 5.41) is 32.0. The van der Waals surface area contributed by atoms with E-state index in [1.54, 1.807) is 11.0 Å². The normalized spacial score (nSPS) is 21.9. The van der Waals surface area contributed by atoms with Crippen molar-refractivity contribution in [2.45, 2.75) is 63.1 Å². The number of benzene rings is 1. The van der Waals surface area contributed by atoms with Crippen LogP contribution in [0.25, 0.3) is 0 Å². The van der Waals surface area contributed by atoms with E-state index in [0.717, 1.165) is 57.8 Å². The van der Waals surface area contributed by atoms with Crippen LogP contribution >= 0.6 is 0 Å². The summed E-state index contributed by atoms with van der Waals surface area (Å²) >= 11 is 0. The summed E-state index contributed by atoms with van der Waals surface area (Å²) in [6.07, 6.45) is 3.52. The van der Waals surface area contributed by atoms with E-state index >= 15 is 0 Å². The Hall–Kier alpha value is -2.95. The first-order chi connectivity index (χ1) is 19.7. The van der Waals surface area contributed by atoms with Gasteiger partial charge < -0.3 is 29.7 Å². The van der Waals surface area contributed by atoms with Gasteiger partial charge >= 0.3 is 13.2 Å². The fourth-order valence-electron chi connectivity index (χ4n) is 5.74. The van der Waals surface area contributed by atoms with Crippen LogP contribution in [0.5, 0.6) is 0 Å². The van der Waals surface area contributed by atoms with Crippen molar-refractivity contribution >= 4 is 19.1 Å². The topological polar surface area (TPSA) is 139 Å². The number of amides is 2. The van der Waals surface area contributed by atoms with Gasteiger partial charge in [-0.3, -0.25) is 14.6 Å². The number of piperazine rings is 1. The van der Waals surface area contributed by atoms with Crippen LogP contribution in [0, 0.1) is 11.3 Å². The van der Waals surface area contributed by atoms with Gasteiger partial charge in [0, 0.05) is 38.3 Å². The Morgan fingerprint density at radius 1 is 1.17 bits per heavy atom. The van der Waals surface area contributed by atoms with Crippen molar-refractivity contribution in [2.75, 3.05) is 52.5 Å². The van der Waals surface area contributed by atoms with Crippen molar-refractivity contribution in [1.29, 1.82) is 5.26 Å². The summed E-state index contributed by atoms with van der Waals surface area (Å²) < 4.78 is 10.8. The minimum absolute atomic E-state index is 0.0495. The third-order valence-corrected chi connectivity index (χ3v) is 8.37. The Balaban J connectivity index is 1.34. The highest BCUT2D eigenvalue weighted by Crippen LogP contribution is 2.25. The molecular weight excluding hydrogens is 525 g/mol. The van der Waals surface area contributed by atoms with Gasteiger partial charge in [0.05, 0.1) is 31.2 Å². The SMILES string of the molecule is CC(C)(/C=C(\C#N)C(=O)N1CCCC[C@@H]1COC(=O)N[C@@H](Cc1ccccc1)B(O)O)N1CCN(C2COC2)CC1. The number of hydrogen-bond donors (Lipinski definition) is 3. The van der Waals surface area contributed by atoms with Crippen molar-refractivity contribution in [3.63, 3.8) is 0 Å². The largest absolute Gasteiger partial charge is 0.475 e. The van der Waals surface area contributed by atoms with Crippen LogP contribution in [-0.4, -0.2) is 120 Å². The van der Waals surface area contributed by atoms with Gasteiger partial charge in [-0.1, -0.05) is 30.3 Å². The molecule has 1 aromatic carbocycles. The van der Waals surface area contributed by atoms with E-state index < -0.39 is 24.7 Å². The molecule has 0 bridgehead atoms. The molecule has 3 aliphatic rings. The third kappa shape index (κ3) is 8.30. The van der Waals surface area contributed by atoms with E-state index in [0.29, 0.717) is 19.0 Å². The fourth-order valence-corrected chi connectivity index (χ4v) is 5.74. The number of hydrogen-bond acceptors (Lipinski definition) is 9. The van der Waals surface area contributed by atoms with Crippen molar-refractivity contribution in [3.05, 3.63) is 47.5 Å². The van der Waals surface area contributed by atoms with Crippen molar-refractivity contribution in [2.24, 2.45) is 0 Å². The molecule has 0 aliphatic carbocycles. The second-order valence-corrected chi connectivity index (χ2v) is 11.6. The van der Waals surface area contributed by atoms with Crippen LogP contribution in [0.1, 0.15) is 38.7 Å².